The Morgan fingerprint density at radius 3 is 2.65 bits per heavy atom. The number of rotatable bonds is 4. The minimum absolute atomic E-state index is 0.0496. The minimum atomic E-state index is -0.576. The number of nitrogens with one attached hydrogen (secondary N) is 2. The average Bonchev–Trinajstić information content (AvgIpc) is 2.51. The fourth-order valence-electron chi connectivity index (χ4n) is 1.61. The van der Waals surface area contributed by atoms with Gasteiger partial charge < -0.3 is 5.32 Å². The van der Waals surface area contributed by atoms with E-state index in [4.69, 9.17) is 23.8 Å². The van der Waals surface area contributed by atoms with Gasteiger partial charge in [0.05, 0.1) is 11.1 Å². The van der Waals surface area contributed by atoms with Gasteiger partial charge in [0, 0.05) is 17.3 Å². The molecule has 0 bridgehead atoms. The molecule has 0 saturated heterocycles. The summed E-state index contributed by atoms with van der Waals surface area (Å²) in [4.78, 5) is 10.2. The maximum absolute atomic E-state index is 12.8. The standard InChI is InChI=1S/C14H10ClFN4O2S/c15-12-6-1-9(7-13(12)20(21)22)8-17-19-14(23)18-11-4-2-10(16)3-5-11/h1-8H,(H2,18,19,23)/b17-8-. The molecule has 23 heavy (non-hydrogen) atoms. The third-order valence-electron chi connectivity index (χ3n) is 2.65. The molecule has 2 aromatic carbocycles. The molecule has 118 valence electrons. The molecule has 2 N–H and O–H groups in total. The lowest BCUT2D eigenvalue weighted by atomic mass is 10.2. The lowest BCUT2D eigenvalue weighted by Gasteiger charge is -2.06. The highest BCUT2D eigenvalue weighted by atomic mass is 35.5. The van der Waals surface area contributed by atoms with Crippen molar-refractivity contribution in [1.29, 1.82) is 0 Å². The van der Waals surface area contributed by atoms with Crippen LogP contribution in [0.25, 0.3) is 0 Å². The summed E-state index contributed by atoms with van der Waals surface area (Å²) in [6, 6.07) is 9.92. The molecule has 6 nitrogen and oxygen atoms in total. The summed E-state index contributed by atoms with van der Waals surface area (Å²) in [5.41, 5.74) is 3.43. The maximum Gasteiger partial charge on any atom is 0.288 e. The van der Waals surface area contributed by atoms with Gasteiger partial charge in [0.15, 0.2) is 5.11 Å². The van der Waals surface area contributed by atoms with Gasteiger partial charge in [-0.2, -0.15) is 5.10 Å². The van der Waals surface area contributed by atoms with Crippen molar-refractivity contribution >= 4 is 46.5 Å². The maximum atomic E-state index is 12.8. The van der Waals surface area contributed by atoms with E-state index >= 15 is 0 Å². The van der Waals surface area contributed by atoms with Crippen molar-refractivity contribution < 1.29 is 9.31 Å². The van der Waals surface area contributed by atoms with Crippen LogP contribution < -0.4 is 10.7 Å². The largest absolute Gasteiger partial charge is 0.331 e. The zero-order valence-electron chi connectivity index (χ0n) is 11.5. The SMILES string of the molecule is O=[N+]([O-])c1cc(/C=N\NC(=S)Nc2ccc(F)cc2)ccc1Cl. The number of hydrogen-bond donors (Lipinski definition) is 2. The Morgan fingerprint density at radius 2 is 2.00 bits per heavy atom. The second-order valence-corrected chi connectivity index (χ2v) is 5.11. The van der Waals surface area contributed by atoms with Crippen LogP contribution in [-0.2, 0) is 0 Å². The first-order chi connectivity index (χ1) is 11.0. The second kappa shape index (κ2) is 7.61. The van der Waals surface area contributed by atoms with Gasteiger partial charge in [0.25, 0.3) is 5.69 Å². The van der Waals surface area contributed by atoms with Gasteiger partial charge in [-0.15, -0.1) is 0 Å². The summed E-state index contributed by atoms with van der Waals surface area (Å²) < 4.78 is 12.8. The highest BCUT2D eigenvalue weighted by Gasteiger charge is 2.11. The third-order valence-corrected chi connectivity index (χ3v) is 3.16. The number of benzene rings is 2. The molecule has 0 aliphatic heterocycles. The fraction of sp³-hybridized carbons (Fsp3) is 0. The Morgan fingerprint density at radius 1 is 1.30 bits per heavy atom. The molecule has 2 rings (SSSR count). The van der Waals surface area contributed by atoms with Crippen LogP contribution in [0.4, 0.5) is 15.8 Å². The van der Waals surface area contributed by atoms with E-state index in [-0.39, 0.29) is 21.6 Å². The highest BCUT2D eigenvalue weighted by Crippen LogP contribution is 2.24. The van der Waals surface area contributed by atoms with Crippen molar-refractivity contribution in [3.05, 3.63) is 69.0 Å². The summed E-state index contributed by atoms with van der Waals surface area (Å²) in [5.74, 6) is -0.350. The molecule has 0 heterocycles. The number of thiocarbonyl (C=S) groups is 1. The first-order valence-electron chi connectivity index (χ1n) is 6.25. The molecule has 0 aliphatic carbocycles. The van der Waals surface area contributed by atoms with E-state index in [1.54, 1.807) is 6.07 Å². The van der Waals surface area contributed by atoms with Gasteiger partial charge >= 0.3 is 0 Å². The normalized spacial score (nSPS) is 10.5. The van der Waals surface area contributed by atoms with E-state index in [2.05, 4.69) is 15.8 Å². The summed E-state index contributed by atoms with van der Waals surface area (Å²) >= 11 is 10.7. The molecule has 2 aromatic rings. The Labute approximate surface area is 141 Å². The van der Waals surface area contributed by atoms with Crippen LogP contribution in [0.5, 0.6) is 0 Å². The molecule has 0 amide bonds. The van der Waals surface area contributed by atoms with Crippen molar-refractivity contribution in [2.24, 2.45) is 5.10 Å². The molecule has 0 aliphatic rings. The van der Waals surface area contributed by atoms with Crippen LogP contribution in [0.15, 0.2) is 47.6 Å². The van der Waals surface area contributed by atoms with Crippen LogP contribution in [0.2, 0.25) is 5.02 Å². The van der Waals surface area contributed by atoms with Gasteiger partial charge in [-0.3, -0.25) is 15.5 Å². The van der Waals surface area contributed by atoms with E-state index in [9.17, 15) is 14.5 Å². The van der Waals surface area contributed by atoms with E-state index in [0.29, 0.717) is 11.3 Å². The highest BCUT2D eigenvalue weighted by molar-refractivity contribution is 7.80. The zero-order valence-corrected chi connectivity index (χ0v) is 13.1. The summed E-state index contributed by atoms with van der Waals surface area (Å²) in [6.45, 7) is 0. The van der Waals surface area contributed by atoms with Gasteiger partial charge in [-0.05, 0) is 42.5 Å². The van der Waals surface area contributed by atoms with Gasteiger partial charge in [-0.25, -0.2) is 4.39 Å². The fourth-order valence-corrected chi connectivity index (χ4v) is 1.96. The second-order valence-electron chi connectivity index (χ2n) is 4.30. The van der Waals surface area contributed by atoms with Crippen LogP contribution >= 0.6 is 23.8 Å². The van der Waals surface area contributed by atoms with E-state index in [0.717, 1.165) is 0 Å². The molecule has 0 saturated carbocycles. The molecule has 0 spiro atoms. The summed E-state index contributed by atoms with van der Waals surface area (Å²) in [5, 5.41) is 17.7. The molecule has 0 aromatic heterocycles. The average molecular weight is 353 g/mol. The van der Waals surface area contributed by atoms with Crippen molar-refractivity contribution in [2.45, 2.75) is 0 Å². The summed E-state index contributed by atoms with van der Waals surface area (Å²) in [7, 11) is 0. The van der Waals surface area contributed by atoms with Crippen LogP contribution in [0.1, 0.15) is 5.56 Å². The van der Waals surface area contributed by atoms with Gasteiger partial charge in [0.1, 0.15) is 10.8 Å². The Bertz CT molecular complexity index is 768. The van der Waals surface area contributed by atoms with Gasteiger partial charge in [-0.1, -0.05) is 17.7 Å². The number of hydrazone groups is 1. The van der Waals surface area contributed by atoms with Crippen molar-refractivity contribution in [1.82, 2.24) is 5.43 Å². The Balaban J connectivity index is 1.96. The number of nitro benzene ring substituents is 1. The topological polar surface area (TPSA) is 79.6 Å². The molecule has 0 unspecified atom stereocenters. The zero-order chi connectivity index (χ0) is 16.8. The molecular formula is C14H10ClFN4O2S. The molecular weight excluding hydrogens is 343 g/mol. The lowest BCUT2D eigenvalue weighted by Crippen LogP contribution is -2.23. The number of anilines is 1. The van der Waals surface area contributed by atoms with E-state index in [1.165, 1.54) is 42.6 Å². The number of halogens is 2. The number of nitrogens with zero attached hydrogens (tertiary/aromatic N) is 2. The predicted octanol–water partition coefficient (Wildman–Crippen LogP) is 3.71. The van der Waals surface area contributed by atoms with Crippen molar-refractivity contribution in [2.75, 3.05) is 5.32 Å². The first kappa shape index (κ1) is 16.8. The Hall–Kier alpha value is -2.58. The lowest BCUT2D eigenvalue weighted by molar-refractivity contribution is -0.384. The van der Waals surface area contributed by atoms with E-state index < -0.39 is 4.92 Å². The van der Waals surface area contributed by atoms with Crippen molar-refractivity contribution in [3.8, 4) is 0 Å². The number of nitro groups is 1. The Kier molecular flexibility index (Phi) is 5.56. The number of hydrogen-bond acceptors (Lipinski definition) is 4. The van der Waals surface area contributed by atoms with Gasteiger partial charge in [0.2, 0.25) is 0 Å². The summed E-state index contributed by atoms with van der Waals surface area (Å²) in [6.07, 6.45) is 1.36. The third kappa shape index (κ3) is 4.97. The monoisotopic (exact) mass is 352 g/mol. The molecule has 0 fully saturated rings. The quantitative estimate of drug-likeness (QED) is 0.379. The molecule has 9 heteroatoms. The van der Waals surface area contributed by atoms with E-state index in [1.807, 2.05) is 0 Å². The minimum Gasteiger partial charge on any atom is -0.331 e. The molecule has 0 radical (unpaired) electrons. The van der Waals surface area contributed by atoms with Crippen molar-refractivity contribution in [3.63, 3.8) is 0 Å². The smallest absolute Gasteiger partial charge is 0.288 e. The first-order valence-corrected chi connectivity index (χ1v) is 7.04. The molecule has 0 atom stereocenters. The van der Waals surface area contributed by atoms with Crippen LogP contribution in [0, 0.1) is 15.9 Å². The predicted molar refractivity (Wildman–Crippen MR) is 91.5 cm³/mol. The van der Waals surface area contributed by atoms with Crippen LogP contribution in [-0.4, -0.2) is 16.3 Å². The van der Waals surface area contributed by atoms with Crippen LogP contribution in [0.3, 0.4) is 0 Å².